The Morgan fingerprint density at radius 1 is 1.09 bits per heavy atom. The van der Waals surface area contributed by atoms with Crippen LogP contribution in [0.5, 0.6) is 0 Å². The molecule has 4 nitrogen and oxygen atoms in total. The molecule has 0 fully saturated rings. The van der Waals surface area contributed by atoms with Gasteiger partial charge >= 0.3 is 0 Å². The van der Waals surface area contributed by atoms with E-state index in [9.17, 15) is 0 Å². The molecule has 0 atom stereocenters. The van der Waals surface area contributed by atoms with Crippen molar-refractivity contribution >= 4 is 35.4 Å². The molecule has 4 rings (SSSR count). The minimum absolute atomic E-state index is 0.691. The molecule has 0 saturated carbocycles. The molecule has 110 valence electrons. The highest BCUT2D eigenvalue weighted by Crippen LogP contribution is 2.36. The number of rotatable bonds is 1. The molecule has 0 aliphatic carbocycles. The number of hydrogen-bond acceptors (Lipinski definition) is 4. The molecule has 0 aromatic heterocycles. The lowest BCUT2D eigenvalue weighted by Crippen LogP contribution is -2.32. The van der Waals surface area contributed by atoms with Gasteiger partial charge in [-0.25, -0.2) is 0 Å². The molecule has 0 N–H and O–H groups in total. The summed E-state index contributed by atoms with van der Waals surface area (Å²) >= 11 is 6.23. The SMILES string of the molecule is CN1N=CN2CN(c3ccccc3)c3cc(Cl)ccc3C=C21. The second-order valence-corrected chi connectivity index (χ2v) is 5.77. The summed E-state index contributed by atoms with van der Waals surface area (Å²) in [5.41, 5.74) is 3.36. The first-order valence-electron chi connectivity index (χ1n) is 7.11. The van der Waals surface area contributed by atoms with E-state index < -0.39 is 0 Å². The summed E-state index contributed by atoms with van der Waals surface area (Å²) < 4.78 is 0. The molecular weight excluding hydrogens is 296 g/mol. The van der Waals surface area contributed by atoms with Crippen molar-refractivity contribution in [2.24, 2.45) is 5.10 Å². The van der Waals surface area contributed by atoms with Crippen LogP contribution >= 0.6 is 11.6 Å². The highest BCUT2D eigenvalue weighted by Gasteiger charge is 2.26. The van der Waals surface area contributed by atoms with Gasteiger partial charge in [-0.1, -0.05) is 35.9 Å². The average molecular weight is 311 g/mol. The van der Waals surface area contributed by atoms with E-state index in [1.807, 2.05) is 48.7 Å². The van der Waals surface area contributed by atoms with Gasteiger partial charge in [-0.05, 0) is 30.3 Å². The van der Waals surface area contributed by atoms with E-state index in [1.165, 1.54) is 0 Å². The lowest BCUT2D eigenvalue weighted by molar-refractivity contribution is 0.383. The fourth-order valence-corrected chi connectivity index (χ4v) is 2.96. The molecule has 0 radical (unpaired) electrons. The van der Waals surface area contributed by atoms with E-state index in [0.717, 1.165) is 27.8 Å². The maximum Gasteiger partial charge on any atom is 0.132 e. The maximum atomic E-state index is 6.23. The van der Waals surface area contributed by atoms with E-state index in [0.29, 0.717) is 6.67 Å². The quantitative estimate of drug-likeness (QED) is 0.796. The molecule has 5 heteroatoms. The normalized spacial score (nSPS) is 16.3. The zero-order valence-corrected chi connectivity index (χ0v) is 12.9. The van der Waals surface area contributed by atoms with Crippen molar-refractivity contribution in [1.29, 1.82) is 0 Å². The van der Waals surface area contributed by atoms with Gasteiger partial charge in [0.05, 0.1) is 5.69 Å². The molecule has 2 aromatic carbocycles. The Morgan fingerprint density at radius 2 is 1.91 bits per heavy atom. The van der Waals surface area contributed by atoms with Crippen LogP contribution in [0.15, 0.2) is 59.5 Å². The monoisotopic (exact) mass is 310 g/mol. The Hall–Kier alpha value is -2.46. The first kappa shape index (κ1) is 13.2. The fraction of sp³-hybridized carbons (Fsp3) is 0.118. The molecule has 2 aliphatic heterocycles. The van der Waals surface area contributed by atoms with Crippen LogP contribution in [0.25, 0.3) is 6.08 Å². The minimum atomic E-state index is 0.691. The third kappa shape index (κ3) is 2.12. The van der Waals surface area contributed by atoms with Crippen LogP contribution < -0.4 is 4.90 Å². The van der Waals surface area contributed by atoms with Crippen LogP contribution in [-0.4, -0.2) is 30.0 Å². The number of fused-ring (bicyclic) bond motifs is 2. The number of para-hydroxylation sites is 1. The Balaban J connectivity index is 1.88. The zero-order valence-electron chi connectivity index (χ0n) is 12.1. The third-order valence-corrected chi connectivity index (χ3v) is 4.15. The van der Waals surface area contributed by atoms with Gasteiger partial charge in [0.1, 0.15) is 18.8 Å². The second kappa shape index (κ2) is 5.07. The Bertz CT molecular complexity index is 769. The number of nitrogens with zero attached hydrogens (tertiary/aromatic N) is 4. The molecule has 2 aliphatic rings. The number of hydrogen-bond donors (Lipinski definition) is 0. The van der Waals surface area contributed by atoms with Crippen molar-refractivity contribution in [1.82, 2.24) is 9.91 Å². The summed E-state index contributed by atoms with van der Waals surface area (Å²) in [4.78, 5) is 4.37. The highest BCUT2D eigenvalue weighted by atomic mass is 35.5. The van der Waals surface area contributed by atoms with Gasteiger partial charge in [0, 0.05) is 23.3 Å². The molecule has 0 unspecified atom stereocenters. The zero-order chi connectivity index (χ0) is 15.1. The number of anilines is 2. The summed E-state index contributed by atoms with van der Waals surface area (Å²) in [6.45, 7) is 0.691. The van der Waals surface area contributed by atoms with Gasteiger partial charge in [0.2, 0.25) is 0 Å². The molecule has 0 saturated heterocycles. The summed E-state index contributed by atoms with van der Waals surface area (Å²) in [6, 6.07) is 16.3. The van der Waals surface area contributed by atoms with Gasteiger partial charge in [-0.15, -0.1) is 0 Å². The highest BCUT2D eigenvalue weighted by molar-refractivity contribution is 6.31. The number of halogens is 1. The van der Waals surface area contributed by atoms with Crippen LogP contribution in [0.1, 0.15) is 5.56 Å². The van der Waals surface area contributed by atoms with E-state index in [2.05, 4.69) is 39.2 Å². The summed E-state index contributed by atoms with van der Waals surface area (Å²) in [5, 5.41) is 6.97. The van der Waals surface area contributed by atoms with Gasteiger partial charge in [-0.2, -0.15) is 5.10 Å². The van der Waals surface area contributed by atoms with Crippen molar-refractivity contribution < 1.29 is 0 Å². The number of benzene rings is 2. The van der Waals surface area contributed by atoms with Crippen LogP contribution in [0, 0.1) is 0 Å². The van der Waals surface area contributed by atoms with Crippen molar-refractivity contribution in [3.05, 3.63) is 64.9 Å². The molecule has 2 aromatic rings. The van der Waals surface area contributed by atoms with Crippen LogP contribution in [-0.2, 0) is 0 Å². The van der Waals surface area contributed by atoms with Gasteiger partial charge in [0.25, 0.3) is 0 Å². The van der Waals surface area contributed by atoms with E-state index in [1.54, 1.807) is 0 Å². The van der Waals surface area contributed by atoms with Gasteiger partial charge in [-0.3, -0.25) is 9.91 Å². The van der Waals surface area contributed by atoms with Crippen molar-refractivity contribution in [3.8, 4) is 0 Å². The van der Waals surface area contributed by atoms with Crippen LogP contribution in [0.2, 0.25) is 5.02 Å². The Morgan fingerprint density at radius 3 is 2.73 bits per heavy atom. The Kier molecular flexibility index (Phi) is 3.05. The average Bonchev–Trinajstić information content (AvgIpc) is 2.79. The lowest BCUT2D eigenvalue weighted by atomic mass is 10.1. The van der Waals surface area contributed by atoms with E-state index in [4.69, 9.17) is 11.6 Å². The van der Waals surface area contributed by atoms with E-state index >= 15 is 0 Å². The lowest BCUT2D eigenvalue weighted by Gasteiger charge is -2.28. The van der Waals surface area contributed by atoms with Crippen LogP contribution in [0.3, 0.4) is 0 Å². The van der Waals surface area contributed by atoms with Crippen LogP contribution in [0.4, 0.5) is 11.4 Å². The summed E-state index contributed by atoms with van der Waals surface area (Å²) in [7, 11) is 1.95. The molecule has 2 heterocycles. The topological polar surface area (TPSA) is 22.1 Å². The van der Waals surface area contributed by atoms with Gasteiger partial charge in [0.15, 0.2) is 0 Å². The molecule has 0 amide bonds. The standard InChI is InChI=1S/C17H15ClN4/c1-20-17-9-13-7-8-14(18)10-16(13)22(12-21(17)11-19-20)15-5-3-2-4-6-15/h2-11H,12H2,1H3. The molecule has 0 bridgehead atoms. The summed E-state index contributed by atoms with van der Waals surface area (Å²) in [5.74, 6) is 1.06. The predicted molar refractivity (Wildman–Crippen MR) is 91.0 cm³/mol. The first-order valence-corrected chi connectivity index (χ1v) is 7.48. The fourth-order valence-electron chi connectivity index (χ4n) is 2.80. The third-order valence-electron chi connectivity index (χ3n) is 3.92. The largest absolute Gasteiger partial charge is 0.322 e. The number of hydrazone groups is 1. The molecular formula is C17H15ClN4. The smallest absolute Gasteiger partial charge is 0.132 e. The molecule has 0 spiro atoms. The second-order valence-electron chi connectivity index (χ2n) is 5.34. The first-order chi connectivity index (χ1) is 10.7. The Labute approximate surface area is 134 Å². The summed E-state index contributed by atoms with van der Waals surface area (Å²) in [6.07, 6.45) is 4.00. The van der Waals surface area contributed by atoms with Gasteiger partial charge < -0.3 is 4.90 Å². The van der Waals surface area contributed by atoms with Crippen molar-refractivity contribution in [2.45, 2.75) is 0 Å². The van der Waals surface area contributed by atoms with Crippen molar-refractivity contribution in [2.75, 3.05) is 18.6 Å². The maximum absolute atomic E-state index is 6.23. The predicted octanol–water partition coefficient (Wildman–Crippen LogP) is 3.94. The molecule has 22 heavy (non-hydrogen) atoms. The van der Waals surface area contributed by atoms with Crippen molar-refractivity contribution in [3.63, 3.8) is 0 Å². The van der Waals surface area contributed by atoms with E-state index in [-0.39, 0.29) is 0 Å². The minimum Gasteiger partial charge on any atom is -0.322 e.